The summed E-state index contributed by atoms with van der Waals surface area (Å²) in [6.45, 7) is 2.18. The molecule has 2 rings (SSSR count). The molecule has 0 unspecified atom stereocenters. The van der Waals surface area contributed by atoms with Crippen molar-refractivity contribution in [2.45, 2.75) is 38.6 Å². The lowest BCUT2D eigenvalue weighted by Crippen LogP contribution is -2.39. The summed E-state index contributed by atoms with van der Waals surface area (Å²) in [6.07, 6.45) is 3.86. The van der Waals surface area contributed by atoms with Crippen molar-refractivity contribution in [2.75, 3.05) is 7.05 Å². The van der Waals surface area contributed by atoms with Gasteiger partial charge in [0.1, 0.15) is 0 Å². The molecule has 1 N–H and O–H groups in total. The number of benzene rings is 1. The molecular formula is C16H20N2O5. The first kappa shape index (κ1) is 16.9. The number of hydrogen-bond acceptors (Lipinski definition) is 4. The Hall–Kier alpha value is -2.44. The van der Waals surface area contributed by atoms with Crippen LogP contribution in [0.15, 0.2) is 18.2 Å². The molecule has 0 saturated heterocycles. The summed E-state index contributed by atoms with van der Waals surface area (Å²) in [5, 5.41) is 20.0. The Morgan fingerprint density at radius 1 is 1.17 bits per heavy atom. The number of rotatable bonds is 4. The Balaban J connectivity index is 2.27. The van der Waals surface area contributed by atoms with Crippen LogP contribution < -0.4 is 0 Å². The van der Waals surface area contributed by atoms with Gasteiger partial charge in [0, 0.05) is 30.8 Å². The van der Waals surface area contributed by atoms with E-state index in [1.807, 2.05) is 0 Å². The van der Waals surface area contributed by atoms with Crippen LogP contribution in [0.4, 0.5) is 5.69 Å². The van der Waals surface area contributed by atoms with Crippen molar-refractivity contribution in [3.8, 4) is 0 Å². The smallest absolute Gasteiger partial charge is 0.335 e. The molecule has 0 bridgehead atoms. The molecule has 1 saturated carbocycles. The minimum Gasteiger partial charge on any atom is -0.478 e. The van der Waals surface area contributed by atoms with Crippen LogP contribution in [-0.2, 0) is 0 Å². The number of carbonyl (C=O) groups is 2. The normalized spacial score (nSPS) is 20.8. The molecule has 23 heavy (non-hydrogen) atoms. The van der Waals surface area contributed by atoms with Crippen LogP contribution in [0.25, 0.3) is 0 Å². The van der Waals surface area contributed by atoms with E-state index in [-0.39, 0.29) is 28.8 Å². The summed E-state index contributed by atoms with van der Waals surface area (Å²) in [6, 6.07) is 3.38. The van der Waals surface area contributed by atoms with Gasteiger partial charge >= 0.3 is 5.97 Å². The molecular weight excluding hydrogens is 300 g/mol. The highest BCUT2D eigenvalue weighted by molar-refractivity contribution is 5.98. The highest BCUT2D eigenvalue weighted by Gasteiger charge is 2.27. The van der Waals surface area contributed by atoms with Gasteiger partial charge in [-0.05, 0) is 37.7 Å². The molecule has 0 spiro atoms. The number of amides is 1. The third-order valence-electron chi connectivity index (χ3n) is 4.48. The summed E-state index contributed by atoms with van der Waals surface area (Å²) in [5.41, 5.74) is -0.607. The number of nitro groups is 1. The van der Waals surface area contributed by atoms with Gasteiger partial charge in [0.2, 0.25) is 0 Å². The lowest BCUT2D eigenvalue weighted by molar-refractivity contribution is -0.384. The monoisotopic (exact) mass is 320 g/mol. The molecule has 7 nitrogen and oxygen atoms in total. The van der Waals surface area contributed by atoms with Crippen LogP contribution in [0.1, 0.15) is 53.3 Å². The number of carboxylic acids is 1. The number of nitrogens with zero attached hydrogens (tertiary/aromatic N) is 2. The van der Waals surface area contributed by atoms with Crippen molar-refractivity contribution in [1.29, 1.82) is 0 Å². The Bertz CT molecular complexity index is 603. The van der Waals surface area contributed by atoms with Gasteiger partial charge in [0.25, 0.3) is 11.6 Å². The fraction of sp³-hybridized carbons (Fsp3) is 0.500. The fourth-order valence-electron chi connectivity index (χ4n) is 2.96. The number of hydrogen-bond donors (Lipinski definition) is 1. The highest BCUT2D eigenvalue weighted by atomic mass is 16.6. The molecule has 1 fully saturated rings. The standard InChI is InChI=1S/C16H20N2O5/c1-10-3-5-13(6-4-10)17(2)15(19)11-7-12(16(20)21)9-14(8-11)18(22)23/h7-10,13H,3-6H2,1-2H3,(H,20,21). The molecule has 124 valence electrons. The van der Waals surface area contributed by atoms with Crippen LogP contribution in [0, 0.1) is 16.0 Å². The minimum absolute atomic E-state index is 0.0396. The van der Waals surface area contributed by atoms with Gasteiger partial charge in [-0.1, -0.05) is 6.92 Å². The Morgan fingerprint density at radius 3 is 2.26 bits per heavy atom. The largest absolute Gasteiger partial charge is 0.478 e. The van der Waals surface area contributed by atoms with Gasteiger partial charge in [-0.3, -0.25) is 14.9 Å². The number of aromatic carboxylic acids is 1. The molecule has 1 amide bonds. The molecule has 0 aliphatic heterocycles. The maximum absolute atomic E-state index is 12.6. The summed E-state index contributed by atoms with van der Waals surface area (Å²) in [4.78, 5) is 35.5. The zero-order valence-electron chi connectivity index (χ0n) is 13.2. The summed E-state index contributed by atoms with van der Waals surface area (Å²) < 4.78 is 0. The van der Waals surface area contributed by atoms with E-state index < -0.39 is 10.9 Å². The van der Waals surface area contributed by atoms with Gasteiger partial charge < -0.3 is 10.0 Å². The van der Waals surface area contributed by atoms with Crippen LogP contribution in [0.3, 0.4) is 0 Å². The van der Waals surface area contributed by atoms with Crippen molar-refractivity contribution in [3.63, 3.8) is 0 Å². The van der Waals surface area contributed by atoms with Gasteiger partial charge in [-0.25, -0.2) is 4.79 Å². The molecule has 0 atom stereocenters. The molecule has 1 aromatic carbocycles. The third-order valence-corrected chi connectivity index (χ3v) is 4.48. The molecule has 0 aromatic heterocycles. The van der Waals surface area contributed by atoms with E-state index in [2.05, 4.69) is 6.92 Å². The second-order valence-electron chi connectivity index (χ2n) is 6.16. The van der Waals surface area contributed by atoms with E-state index in [0.29, 0.717) is 5.92 Å². The predicted octanol–water partition coefficient (Wildman–Crippen LogP) is 2.94. The van der Waals surface area contributed by atoms with E-state index in [0.717, 1.165) is 37.8 Å². The van der Waals surface area contributed by atoms with Crippen LogP contribution in [0.2, 0.25) is 0 Å². The molecule has 1 aromatic rings. The third kappa shape index (κ3) is 3.85. The Kier molecular flexibility index (Phi) is 4.98. The summed E-state index contributed by atoms with van der Waals surface area (Å²) in [7, 11) is 1.67. The zero-order chi connectivity index (χ0) is 17.1. The van der Waals surface area contributed by atoms with Crippen molar-refractivity contribution in [2.24, 2.45) is 5.92 Å². The van der Waals surface area contributed by atoms with E-state index in [4.69, 9.17) is 5.11 Å². The maximum Gasteiger partial charge on any atom is 0.335 e. The van der Waals surface area contributed by atoms with E-state index in [1.165, 1.54) is 6.07 Å². The van der Waals surface area contributed by atoms with Crippen LogP contribution in [-0.4, -0.2) is 39.9 Å². The number of carbonyl (C=O) groups excluding carboxylic acids is 1. The Labute approximate surface area is 134 Å². The summed E-state index contributed by atoms with van der Waals surface area (Å²) >= 11 is 0. The molecule has 0 heterocycles. The number of carboxylic acid groups (broad SMARTS) is 1. The first-order chi connectivity index (χ1) is 10.8. The topological polar surface area (TPSA) is 101 Å². The first-order valence-electron chi connectivity index (χ1n) is 7.59. The average Bonchev–Trinajstić information content (AvgIpc) is 2.53. The second kappa shape index (κ2) is 6.76. The molecule has 7 heteroatoms. The predicted molar refractivity (Wildman–Crippen MR) is 83.6 cm³/mol. The van der Waals surface area contributed by atoms with E-state index in [9.17, 15) is 19.7 Å². The first-order valence-corrected chi connectivity index (χ1v) is 7.59. The van der Waals surface area contributed by atoms with Gasteiger partial charge in [-0.15, -0.1) is 0 Å². The number of nitro benzene ring substituents is 1. The molecule has 1 aliphatic carbocycles. The van der Waals surface area contributed by atoms with Gasteiger partial charge in [-0.2, -0.15) is 0 Å². The minimum atomic E-state index is -1.29. The summed E-state index contributed by atoms with van der Waals surface area (Å²) in [5.74, 6) is -1.03. The second-order valence-corrected chi connectivity index (χ2v) is 6.16. The Morgan fingerprint density at radius 2 is 1.74 bits per heavy atom. The SMILES string of the molecule is CC1CCC(N(C)C(=O)c2cc(C(=O)O)cc([N+](=O)[O-])c2)CC1. The van der Waals surface area contributed by atoms with Gasteiger partial charge in [0.05, 0.1) is 10.5 Å². The lowest BCUT2D eigenvalue weighted by atomic mass is 9.86. The lowest BCUT2D eigenvalue weighted by Gasteiger charge is -2.33. The van der Waals surface area contributed by atoms with Crippen molar-refractivity contribution in [1.82, 2.24) is 4.90 Å². The van der Waals surface area contributed by atoms with E-state index >= 15 is 0 Å². The molecule has 0 radical (unpaired) electrons. The van der Waals surface area contributed by atoms with Crippen LogP contribution in [0.5, 0.6) is 0 Å². The quantitative estimate of drug-likeness (QED) is 0.679. The molecule has 1 aliphatic rings. The van der Waals surface area contributed by atoms with E-state index in [1.54, 1.807) is 11.9 Å². The maximum atomic E-state index is 12.6. The van der Waals surface area contributed by atoms with Crippen LogP contribution >= 0.6 is 0 Å². The highest BCUT2D eigenvalue weighted by Crippen LogP contribution is 2.28. The van der Waals surface area contributed by atoms with Crippen molar-refractivity contribution >= 4 is 17.6 Å². The number of non-ortho nitro benzene ring substituents is 1. The zero-order valence-corrected chi connectivity index (χ0v) is 13.2. The average molecular weight is 320 g/mol. The van der Waals surface area contributed by atoms with Crippen molar-refractivity contribution < 1.29 is 19.6 Å². The van der Waals surface area contributed by atoms with Gasteiger partial charge in [0.15, 0.2) is 0 Å². The fourth-order valence-corrected chi connectivity index (χ4v) is 2.96. The van der Waals surface area contributed by atoms with Crippen molar-refractivity contribution in [3.05, 3.63) is 39.4 Å².